The van der Waals surface area contributed by atoms with Crippen LogP contribution in [0.1, 0.15) is 28.1 Å². The molecule has 1 unspecified atom stereocenters. The fourth-order valence-corrected chi connectivity index (χ4v) is 4.91. The van der Waals surface area contributed by atoms with Gasteiger partial charge in [0.25, 0.3) is 5.91 Å². The molecule has 1 aliphatic rings. The highest BCUT2D eigenvalue weighted by molar-refractivity contribution is 7.89. The lowest BCUT2D eigenvalue weighted by Crippen LogP contribution is -2.31. The van der Waals surface area contributed by atoms with Gasteiger partial charge in [-0.1, -0.05) is 6.07 Å². The minimum absolute atomic E-state index is 0.0214. The Balaban J connectivity index is 1.36. The summed E-state index contributed by atoms with van der Waals surface area (Å²) in [7, 11) is -3.80. The van der Waals surface area contributed by atoms with Gasteiger partial charge in [0.15, 0.2) is 0 Å². The first-order valence-electron chi connectivity index (χ1n) is 10.7. The van der Waals surface area contributed by atoms with E-state index in [0.717, 1.165) is 25.2 Å². The van der Waals surface area contributed by atoms with E-state index in [9.17, 15) is 17.6 Å². The van der Waals surface area contributed by atoms with Crippen LogP contribution < -0.4 is 14.9 Å². The molecule has 2 heterocycles. The number of carbonyl (C=O) groups excluding carboxylic acids is 1. The van der Waals surface area contributed by atoms with Gasteiger partial charge in [-0.05, 0) is 73.4 Å². The number of sulfonamides is 1. The van der Waals surface area contributed by atoms with E-state index in [0.29, 0.717) is 23.4 Å². The second kappa shape index (κ2) is 9.76. The molecule has 1 amide bonds. The van der Waals surface area contributed by atoms with Crippen molar-refractivity contribution in [2.75, 3.05) is 24.5 Å². The topological polar surface area (TPSA) is 91.6 Å². The third kappa shape index (κ3) is 5.61. The van der Waals surface area contributed by atoms with Crippen LogP contribution in [0.4, 0.5) is 10.1 Å². The van der Waals surface area contributed by atoms with Crippen molar-refractivity contribution < 1.29 is 22.0 Å². The number of hydrogen-bond donors (Lipinski definition) is 2. The number of carbonyl (C=O) groups is 1. The molecule has 0 spiro atoms. The maximum atomic E-state index is 13.2. The Bertz CT molecular complexity index is 1210. The van der Waals surface area contributed by atoms with Gasteiger partial charge in [-0.15, -0.1) is 0 Å². The molecule has 1 aromatic heterocycles. The molecule has 3 aromatic rings. The highest BCUT2D eigenvalue weighted by atomic mass is 32.2. The highest BCUT2D eigenvalue weighted by Gasteiger charge is 2.24. The van der Waals surface area contributed by atoms with Gasteiger partial charge in [-0.25, -0.2) is 17.5 Å². The van der Waals surface area contributed by atoms with Crippen molar-refractivity contribution in [2.24, 2.45) is 5.92 Å². The van der Waals surface area contributed by atoms with E-state index < -0.39 is 10.0 Å². The SMILES string of the molecule is Cc1ccc(S(=O)(=O)NCc2ccco2)cc1C(=O)NCC1CCN(c2ccc(F)cc2)C1. The molecule has 33 heavy (non-hydrogen) atoms. The maximum absolute atomic E-state index is 13.2. The quantitative estimate of drug-likeness (QED) is 0.525. The minimum Gasteiger partial charge on any atom is -0.468 e. The van der Waals surface area contributed by atoms with E-state index in [4.69, 9.17) is 4.42 Å². The lowest BCUT2D eigenvalue weighted by Gasteiger charge is -2.19. The maximum Gasteiger partial charge on any atom is 0.251 e. The average molecular weight is 472 g/mol. The van der Waals surface area contributed by atoms with Crippen LogP contribution in [0.2, 0.25) is 0 Å². The summed E-state index contributed by atoms with van der Waals surface area (Å²) in [5.41, 5.74) is 1.97. The predicted octanol–water partition coefficient (Wildman–Crippen LogP) is 3.46. The Morgan fingerprint density at radius 1 is 1.18 bits per heavy atom. The molecule has 9 heteroatoms. The normalized spacial score (nSPS) is 16.2. The van der Waals surface area contributed by atoms with Gasteiger partial charge in [0, 0.05) is 30.9 Å². The number of aryl methyl sites for hydroxylation is 1. The van der Waals surface area contributed by atoms with Gasteiger partial charge >= 0.3 is 0 Å². The summed E-state index contributed by atoms with van der Waals surface area (Å²) in [6, 6.07) is 14.3. The second-order valence-corrected chi connectivity index (χ2v) is 9.93. The molecule has 0 radical (unpaired) electrons. The number of amides is 1. The van der Waals surface area contributed by atoms with E-state index in [1.165, 1.54) is 30.5 Å². The van der Waals surface area contributed by atoms with Crippen molar-refractivity contribution in [1.82, 2.24) is 10.0 Å². The summed E-state index contributed by atoms with van der Waals surface area (Å²) in [6.45, 7) is 3.87. The molecule has 0 aliphatic carbocycles. The molecule has 2 aromatic carbocycles. The van der Waals surface area contributed by atoms with Gasteiger partial charge in [0.2, 0.25) is 10.0 Å². The molecule has 1 atom stereocenters. The molecular weight excluding hydrogens is 445 g/mol. The number of benzene rings is 2. The third-order valence-electron chi connectivity index (χ3n) is 5.81. The molecular formula is C24H26FN3O4S. The number of nitrogens with zero attached hydrogens (tertiary/aromatic N) is 1. The molecule has 0 bridgehead atoms. The van der Waals surface area contributed by atoms with Gasteiger partial charge in [-0.3, -0.25) is 4.79 Å². The monoisotopic (exact) mass is 471 g/mol. The van der Waals surface area contributed by atoms with Crippen molar-refractivity contribution in [3.05, 3.63) is 83.6 Å². The first-order valence-corrected chi connectivity index (χ1v) is 12.2. The van der Waals surface area contributed by atoms with Crippen molar-refractivity contribution >= 4 is 21.6 Å². The Morgan fingerprint density at radius 2 is 1.97 bits per heavy atom. The van der Waals surface area contributed by atoms with Gasteiger partial charge in [0.1, 0.15) is 11.6 Å². The second-order valence-electron chi connectivity index (χ2n) is 8.17. The zero-order valence-electron chi connectivity index (χ0n) is 18.3. The fraction of sp³-hybridized carbons (Fsp3) is 0.292. The highest BCUT2D eigenvalue weighted by Crippen LogP contribution is 2.24. The summed E-state index contributed by atoms with van der Waals surface area (Å²) in [5, 5.41) is 2.94. The minimum atomic E-state index is -3.80. The number of halogens is 1. The predicted molar refractivity (Wildman–Crippen MR) is 123 cm³/mol. The zero-order chi connectivity index (χ0) is 23.4. The van der Waals surface area contributed by atoms with Crippen LogP contribution in [-0.2, 0) is 16.6 Å². The van der Waals surface area contributed by atoms with Crippen molar-refractivity contribution in [2.45, 2.75) is 24.8 Å². The van der Waals surface area contributed by atoms with Crippen molar-refractivity contribution in [3.8, 4) is 0 Å². The van der Waals surface area contributed by atoms with Gasteiger partial charge < -0.3 is 14.6 Å². The lowest BCUT2D eigenvalue weighted by molar-refractivity contribution is 0.0947. The average Bonchev–Trinajstić information content (AvgIpc) is 3.49. The smallest absolute Gasteiger partial charge is 0.251 e. The van der Waals surface area contributed by atoms with Crippen LogP contribution in [0.5, 0.6) is 0 Å². The number of nitrogens with one attached hydrogen (secondary N) is 2. The first kappa shape index (κ1) is 23.0. The zero-order valence-corrected chi connectivity index (χ0v) is 19.1. The van der Waals surface area contributed by atoms with Crippen LogP contribution in [0.15, 0.2) is 70.2 Å². The number of hydrogen-bond acceptors (Lipinski definition) is 5. The number of rotatable bonds is 8. The molecule has 1 fully saturated rings. The number of anilines is 1. The lowest BCUT2D eigenvalue weighted by atomic mass is 10.1. The fourth-order valence-electron chi connectivity index (χ4n) is 3.89. The summed E-state index contributed by atoms with van der Waals surface area (Å²) in [4.78, 5) is 15.0. The Labute approximate surface area is 192 Å². The first-order chi connectivity index (χ1) is 15.8. The van der Waals surface area contributed by atoms with Gasteiger partial charge in [0.05, 0.1) is 17.7 Å². The van der Waals surface area contributed by atoms with Gasteiger partial charge in [-0.2, -0.15) is 0 Å². The van der Waals surface area contributed by atoms with E-state index in [-0.39, 0.29) is 29.1 Å². The van der Waals surface area contributed by atoms with Crippen LogP contribution in [0.25, 0.3) is 0 Å². The summed E-state index contributed by atoms with van der Waals surface area (Å²) >= 11 is 0. The van der Waals surface area contributed by atoms with E-state index >= 15 is 0 Å². The van der Waals surface area contributed by atoms with E-state index in [2.05, 4.69) is 14.9 Å². The van der Waals surface area contributed by atoms with E-state index in [1.807, 2.05) is 0 Å². The van der Waals surface area contributed by atoms with Crippen molar-refractivity contribution in [3.63, 3.8) is 0 Å². The molecule has 1 aliphatic heterocycles. The van der Waals surface area contributed by atoms with E-state index in [1.54, 1.807) is 37.3 Å². The van der Waals surface area contributed by atoms with Crippen LogP contribution in [0.3, 0.4) is 0 Å². The molecule has 7 nitrogen and oxygen atoms in total. The number of furan rings is 1. The van der Waals surface area contributed by atoms with Crippen LogP contribution in [-0.4, -0.2) is 34.0 Å². The van der Waals surface area contributed by atoms with Crippen LogP contribution >= 0.6 is 0 Å². The molecule has 1 saturated heterocycles. The van der Waals surface area contributed by atoms with Crippen LogP contribution in [0, 0.1) is 18.7 Å². The molecule has 2 N–H and O–H groups in total. The summed E-state index contributed by atoms with van der Waals surface area (Å²) < 4.78 is 46.1. The largest absolute Gasteiger partial charge is 0.468 e. The Morgan fingerprint density at radius 3 is 2.70 bits per heavy atom. The molecule has 0 saturated carbocycles. The third-order valence-corrected chi connectivity index (χ3v) is 7.21. The summed E-state index contributed by atoms with van der Waals surface area (Å²) in [6.07, 6.45) is 2.38. The molecule has 4 rings (SSSR count). The Hall–Kier alpha value is -3.17. The molecule has 174 valence electrons. The summed E-state index contributed by atoms with van der Waals surface area (Å²) in [5.74, 6) is 0.171. The Kier molecular flexibility index (Phi) is 6.80. The van der Waals surface area contributed by atoms with Crippen molar-refractivity contribution in [1.29, 1.82) is 0 Å². The standard InChI is InChI=1S/C24H26FN3O4S/c1-17-4-9-22(33(30,31)27-15-21-3-2-12-32-21)13-23(17)24(29)26-14-18-10-11-28(16-18)20-7-5-19(25)6-8-20/h2-9,12-13,18,27H,10-11,14-16H2,1H3,(H,26,29).